The molecule has 0 radical (unpaired) electrons. The Kier molecular flexibility index (Phi) is 4.24. The summed E-state index contributed by atoms with van der Waals surface area (Å²) in [6, 6.07) is 5.56. The predicted octanol–water partition coefficient (Wildman–Crippen LogP) is 2.17. The highest BCUT2D eigenvalue weighted by molar-refractivity contribution is 9.10. The van der Waals surface area contributed by atoms with Crippen molar-refractivity contribution < 1.29 is 19.1 Å². The summed E-state index contributed by atoms with van der Waals surface area (Å²) >= 11 is 3.34. The fourth-order valence-corrected chi connectivity index (χ4v) is 2.85. The maximum atomic E-state index is 12.3. The zero-order valence-electron chi connectivity index (χ0n) is 12.2. The number of nitrogens with zero attached hydrogens (tertiary/aromatic N) is 1. The van der Waals surface area contributed by atoms with Crippen LogP contribution in [-0.4, -0.2) is 49.2 Å². The summed E-state index contributed by atoms with van der Waals surface area (Å²) in [5, 5.41) is 2.80. The van der Waals surface area contributed by atoms with Gasteiger partial charge >= 0.3 is 6.09 Å². The van der Waals surface area contributed by atoms with Crippen molar-refractivity contribution in [2.24, 2.45) is 0 Å². The molecule has 1 saturated heterocycles. The van der Waals surface area contributed by atoms with Gasteiger partial charge in [0.25, 0.3) is 5.91 Å². The van der Waals surface area contributed by atoms with Crippen LogP contribution < -0.4 is 10.1 Å². The van der Waals surface area contributed by atoms with Gasteiger partial charge in [-0.2, -0.15) is 0 Å². The van der Waals surface area contributed by atoms with Gasteiger partial charge in [-0.3, -0.25) is 4.79 Å². The Morgan fingerprint density at radius 3 is 2.95 bits per heavy atom. The van der Waals surface area contributed by atoms with Crippen LogP contribution in [0, 0.1) is 0 Å². The Labute approximate surface area is 136 Å². The summed E-state index contributed by atoms with van der Waals surface area (Å²) in [5.41, 5.74) is 0.445. The first kappa shape index (κ1) is 15.1. The number of cyclic esters (lactones) is 1. The molecule has 1 aromatic rings. The number of hydrogen-bond donors (Lipinski definition) is 1. The number of rotatable bonds is 5. The average Bonchev–Trinajstić information content (AvgIpc) is 3.28. The summed E-state index contributed by atoms with van der Waals surface area (Å²) in [4.78, 5) is 25.7. The summed E-state index contributed by atoms with van der Waals surface area (Å²) in [5.74, 6) is 0.253. The summed E-state index contributed by atoms with van der Waals surface area (Å²) in [6.45, 7) is 0.836. The molecule has 1 saturated carbocycles. The standard InChI is InChI=1S/C15H17BrN2O4/c1-21-13-5-2-9(16)6-12(13)14(19)17-7-11-8-18(10-3-4-10)15(20)22-11/h2,5-6,10-11H,3-4,7-8H2,1H3,(H,17,19). The molecule has 1 N–H and O–H groups in total. The Bertz CT molecular complexity index is 603. The Morgan fingerprint density at radius 1 is 1.50 bits per heavy atom. The van der Waals surface area contributed by atoms with E-state index in [-0.39, 0.29) is 18.1 Å². The topological polar surface area (TPSA) is 67.9 Å². The van der Waals surface area contributed by atoms with Crippen molar-refractivity contribution in [3.05, 3.63) is 28.2 Å². The number of nitrogens with one attached hydrogen (secondary N) is 1. The molecule has 0 spiro atoms. The van der Waals surface area contributed by atoms with Gasteiger partial charge in [0, 0.05) is 10.5 Å². The van der Waals surface area contributed by atoms with Crippen LogP contribution >= 0.6 is 15.9 Å². The van der Waals surface area contributed by atoms with Crippen LogP contribution in [0.25, 0.3) is 0 Å². The lowest BCUT2D eigenvalue weighted by Gasteiger charge is -2.13. The second-order valence-electron chi connectivity index (χ2n) is 5.44. The molecule has 3 rings (SSSR count). The van der Waals surface area contributed by atoms with Crippen molar-refractivity contribution in [3.8, 4) is 5.75 Å². The number of carbonyl (C=O) groups is 2. The minimum absolute atomic E-state index is 0.251. The quantitative estimate of drug-likeness (QED) is 0.864. The van der Waals surface area contributed by atoms with E-state index in [9.17, 15) is 9.59 Å². The van der Waals surface area contributed by atoms with E-state index in [0.717, 1.165) is 17.3 Å². The third kappa shape index (κ3) is 3.19. The van der Waals surface area contributed by atoms with E-state index >= 15 is 0 Å². The highest BCUT2D eigenvalue weighted by atomic mass is 79.9. The number of ether oxygens (including phenoxy) is 2. The van der Waals surface area contributed by atoms with Crippen molar-refractivity contribution in [1.29, 1.82) is 0 Å². The van der Waals surface area contributed by atoms with Crippen molar-refractivity contribution in [1.82, 2.24) is 10.2 Å². The molecule has 1 aromatic carbocycles. The molecule has 1 aliphatic heterocycles. The maximum absolute atomic E-state index is 12.3. The number of methoxy groups -OCH3 is 1. The third-order valence-electron chi connectivity index (χ3n) is 3.79. The van der Waals surface area contributed by atoms with Gasteiger partial charge in [-0.15, -0.1) is 0 Å². The van der Waals surface area contributed by atoms with E-state index in [1.165, 1.54) is 7.11 Å². The largest absolute Gasteiger partial charge is 0.496 e. The van der Waals surface area contributed by atoms with Crippen LogP contribution in [0.2, 0.25) is 0 Å². The first-order valence-corrected chi connectivity index (χ1v) is 7.97. The zero-order chi connectivity index (χ0) is 15.7. The smallest absolute Gasteiger partial charge is 0.410 e. The molecule has 1 unspecified atom stereocenters. The SMILES string of the molecule is COc1ccc(Br)cc1C(=O)NCC1CN(C2CC2)C(=O)O1. The van der Waals surface area contributed by atoms with Crippen LogP contribution in [0.3, 0.4) is 0 Å². The molecule has 1 heterocycles. The predicted molar refractivity (Wildman–Crippen MR) is 83.0 cm³/mol. The van der Waals surface area contributed by atoms with Gasteiger partial charge in [0.15, 0.2) is 0 Å². The van der Waals surface area contributed by atoms with Gasteiger partial charge in [-0.25, -0.2) is 4.79 Å². The molecule has 0 bridgehead atoms. The van der Waals surface area contributed by atoms with Crippen LogP contribution in [0.15, 0.2) is 22.7 Å². The molecule has 0 aromatic heterocycles. The van der Waals surface area contributed by atoms with Crippen molar-refractivity contribution in [2.75, 3.05) is 20.2 Å². The summed E-state index contributed by atoms with van der Waals surface area (Å²) in [6.07, 6.45) is 1.52. The lowest BCUT2D eigenvalue weighted by Crippen LogP contribution is -2.35. The van der Waals surface area contributed by atoms with E-state index in [4.69, 9.17) is 9.47 Å². The van der Waals surface area contributed by atoms with Crippen LogP contribution in [-0.2, 0) is 4.74 Å². The Hall–Kier alpha value is -1.76. The first-order valence-electron chi connectivity index (χ1n) is 7.17. The van der Waals surface area contributed by atoms with Crippen molar-refractivity contribution >= 4 is 27.9 Å². The normalized spacial score (nSPS) is 20.7. The molecule has 22 heavy (non-hydrogen) atoms. The van der Waals surface area contributed by atoms with E-state index in [1.54, 1.807) is 17.0 Å². The van der Waals surface area contributed by atoms with E-state index < -0.39 is 0 Å². The fourth-order valence-electron chi connectivity index (χ4n) is 2.49. The number of carbonyl (C=O) groups excluding carboxylic acids is 2. The monoisotopic (exact) mass is 368 g/mol. The molecule has 2 aliphatic rings. The first-order chi connectivity index (χ1) is 10.6. The maximum Gasteiger partial charge on any atom is 0.410 e. The fraction of sp³-hybridized carbons (Fsp3) is 0.467. The van der Waals surface area contributed by atoms with Gasteiger partial charge in [0.2, 0.25) is 0 Å². The second kappa shape index (κ2) is 6.16. The van der Waals surface area contributed by atoms with E-state index in [0.29, 0.717) is 30.4 Å². The van der Waals surface area contributed by atoms with Crippen LogP contribution in [0.5, 0.6) is 5.75 Å². The minimum atomic E-state index is -0.296. The molecule has 118 valence electrons. The second-order valence-corrected chi connectivity index (χ2v) is 6.36. The number of amides is 2. The Morgan fingerprint density at radius 2 is 2.27 bits per heavy atom. The molecule has 2 amide bonds. The number of benzene rings is 1. The highest BCUT2D eigenvalue weighted by Gasteiger charge is 2.40. The number of hydrogen-bond acceptors (Lipinski definition) is 4. The molecule has 2 fully saturated rings. The molecular weight excluding hydrogens is 352 g/mol. The third-order valence-corrected chi connectivity index (χ3v) is 4.28. The molecular formula is C15H17BrN2O4. The lowest BCUT2D eigenvalue weighted by atomic mass is 10.2. The molecule has 1 atom stereocenters. The molecule has 6 nitrogen and oxygen atoms in total. The highest BCUT2D eigenvalue weighted by Crippen LogP contribution is 2.30. The van der Waals surface area contributed by atoms with Crippen molar-refractivity contribution in [2.45, 2.75) is 25.0 Å². The van der Waals surface area contributed by atoms with E-state index in [2.05, 4.69) is 21.2 Å². The van der Waals surface area contributed by atoms with Gasteiger partial charge in [-0.1, -0.05) is 15.9 Å². The summed E-state index contributed by atoms with van der Waals surface area (Å²) in [7, 11) is 1.52. The van der Waals surface area contributed by atoms with Crippen LogP contribution in [0.4, 0.5) is 4.79 Å². The average molecular weight is 369 g/mol. The van der Waals surface area contributed by atoms with Gasteiger partial charge in [-0.05, 0) is 31.0 Å². The number of halogens is 1. The minimum Gasteiger partial charge on any atom is -0.496 e. The Balaban J connectivity index is 1.58. The molecule has 1 aliphatic carbocycles. The van der Waals surface area contributed by atoms with Gasteiger partial charge in [0.05, 0.1) is 25.8 Å². The van der Waals surface area contributed by atoms with E-state index in [1.807, 2.05) is 6.07 Å². The summed E-state index contributed by atoms with van der Waals surface area (Å²) < 4.78 is 11.3. The molecule has 7 heteroatoms. The van der Waals surface area contributed by atoms with Gasteiger partial charge < -0.3 is 19.7 Å². The van der Waals surface area contributed by atoms with Crippen molar-refractivity contribution in [3.63, 3.8) is 0 Å². The van der Waals surface area contributed by atoms with Gasteiger partial charge in [0.1, 0.15) is 11.9 Å². The van der Waals surface area contributed by atoms with Crippen LogP contribution in [0.1, 0.15) is 23.2 Å². The lowest BCUT2D eigenvalue weighted by molar-refractivity contribution is 0.0911. The zero-order valence-corrected chi connectivity index (χ0v) is 13.8.